The van der Waals surface area contributed by atoms with Crippen LogP contribution in [0.2, 0.25) is 0 Å². The molecule has 0 saturated heterocycles. The number of hydrogen-bond acceptors (Lipinski definition) is 3. The third kappa shape index (κ3) is 3.09. The van der Waals surface area contributed by atoms with Crippen LogP contribution in [0.5, 0.6) is 0 Å². The van der Waals surface area contributed by atoms with E-state index in [0.717, 1.165) is 11.0 Å². The molecule has 0 unspecified atom stereocenters. The lowest BCUT2D eigenvalue weighted by Crippen LogP contribution is -2.24. The number of hydrogen-bond donors (Lipinski definition) is 2. The van der Waals surface area contributed by atoms with Gasteiger partial charge in [0.05, 0.1) is 11.0 Å². The smallest absolute Gasteiger partial charge is 0.323 e. The highest BCUT2D eigenvalue weighted by Crippen LogP contribution is 2.16. The molecule has 0 saturated carbocycles. The van der Waals surface area contributed by atoms with Crippen LogP contribution in [-0.2, 0) is 22.6 Å². The first-order valence-electron chi connectivity index (χ1n) is 5.98. The molecule has 1 heterocycles. The number of nitrogens with zero attached hydrogens (tertiary/aromatic N) is 2. The Morgan fingerprint density at radius 3 is 2.79 bits per heavy atom. The first kappa shape index (κ1) is 13.1. The van der Waals surface area contributed by atoms with E-state index in [4.69, 9.17) is 5.11 Å². The van der Waals surface area contributed by atoms with Crippen molar-refractivity contribution in [2.75, 3.05) is 6.54 Å². The zero-order chi connectivity index (χ0) is 13.8. The normalized spacial score (nSPS) is 10.6. The molecule has 1 aromatic heterocycles. The molecule has 0 bridgehead atoms. The summed E-state index contributed by atoms with van der Waals surface area (Å²) in [6, 6.07) is 7.39. The summed E-state index contributed by atoms with van der Waals surface area (Å²) in [4.78, 5) is 26.2. The van der Waals surface area contributed by atoms with E-state index in [-0.39, 0.29) is 12.5 Å². The van der Waals surface area contributed by atoms with Crippen molar-refractivity contribution in [3.8, 4) is 0 Å². The predicted octanol–water partition coefficient (Wildman–Crippen LogP) is 0.800. The van der Waals surface area contributed by atoms with E-state index in [1.165, 1.54) is 6.92 Å². The standard InChI is InChI=1S/C13H15N3O3/c1-9(17)14-7-6-12-15-10-4-2-3-5-11(10)16(12)8-13(18)19/h2-5H,6-8H2,1H3,(H,14,17)(H,18,19). The van der Waals surface area contributed by atoms with Gasteiger partial charge >= 0.3 is 5.97 Å². The van der Waals surface area contributed by atoms with Crippen LogP contribution in [0.25, 0.3) is 11.0 Å². The number of carbonyl (C=O) groups excluding carboxylic acids is 1. The van der Waals surface area contributed by atoms with E-state index in [9.17, 15) is 9.59 Å². The maximum Gasteiger partial charge on any atom is 0.323 e. The maximum absolute atomic E-state index is 10.9. The summed E-state index contributed by atoms with van der Waals surface area (Å²) in [6.45, 7) is 1.76. The summed E-state index contributed by atoms with van der Waals surface area (Å²) < 4.78 is 1.67. The quantitative estimate of drug-likeness (QED) is 0.833. The number of imidazole rings is 1. The lowest BCUT2D eigenvalue weighted by molar-refractivity contribution is -0.137. The van der Waals surface area contributed by atoms with Gasteiger partial charge in [0.25, 0.3) is 0 Å². The molecule has 2 rings (SSSR count). The van der Waals surface area contributed by atoms with Crippen LogP contribution in [-0.4, -0.2) is 33.1 Å². The highest BCUT2D eigenvalue weighted by atomic mass is 16.4. The molecule has 0 radical (unpaired) electrons. The number of benzene rings is 1. The zero-order valence-electron chi connectivity index (χ0n) is 10.6. The van der Waals surface area contributed by atoms with Crippen molar-refractivity contribution in [1.82, 2.24) is 14.9 Å². The number of nitrogens with one attached hydrogen (secondary N) is 1. The summed E-state index contributed by atoms with van der Waals surface area (Å²) >= 11 is 0. The van der Waals surface area contributed by atoms with Crippen LogP contribution in [0.15, 0.2) is 24.3 Å². The summed E-state index contributed by atoms with van der Waals surface area (Å²) in [5, 5.41) is 11.6. The minimum Gasteiger partial charge on any atom is -0.480 e. The molecule has 2 aromatic rings. The van der Waals surface area contributed by atoms with Crippen LogP contribution in [0, 0.1) is 0 Å². The van der Waals surface area contributed by atoms with Gasteiger partial charge in [-0.05, 0) is 12.1 Å². The van der Waals surface area contributed by atoms with Gasteiger partial charge in [0.1, 0.15) is 12.4 Å². The average Bonchev–Trinajstić information content (AvgIpc) is 2.67. The SMILES string of the molecule is CC(=O)NCCc1nc2ccccc2n1CC(=O)O. The second-order valence-electron chi connectivity index (χ2n) is 4.23. The third-order valence-electron chi connectivity index (χ3n) is 2.75. The second-order valence-corrected chi connectivity index (χ2v) is 4.23. The van der Waals surface area contributed by atoms with Gasteiger partial charge in [-0.2, -0.15) is 0 Å². The molecular formula is C13H15N3O3. The highest BCUT2D eigenvalue weighted by molar-refractivity contribution is 5.78. The lowest BCUT2D eigenvalue weighted by atomic mass is 10.3. The molecule has 100 valence electrons. The molecule has 2 N–H and O–H groups in total. The number of carboxylic acid groups (broad SMARTS) is 1. The average molecular weight is 261 g/mol. The number of aromatic nitrogens is 2. The van der Waals surface area contributed by atoms with E-state index in [2.05, 4.69) is 10.3 Å². The van der Waals surface area contributed by atoms with Crippen molar-refractivity contribution in [2.24, 2.45) is 0 Å². The van der Waals surface area contributed by atoms with Crippen molar-refractivity contribution >= 4 is 22.9 Å². The molecule has 0 aliphatic heterocycles. The van der Waals surface area contributed by atoms with Crippen molar-refractivity contribution in [1.29, 1.82) is 0 Å². The van der Waals surface area contributed by atoms with Crippen LogP contribution < -0.4 is 5.32 Å². The maximum atomic E-state index is 10.9. The van der Waals surface area contributed by atoms with E-state index in [1.54, 1.807) is 4.57 Å². The largest absolute Gasteiger partial charge is 0.480 e. The Hall–Kier alpha value is -2.37. The first-order valence-corrected chi connectivity index (χ1v) is 5.98. The number of amides is 1. The molecule has 0 spiro atoms. The third-order valence-corrected chi connectivity index (χ3v) is 2.75. The van der Waals surface area contributed by atoms with Crippen LogP contribution in [0.4, 0.5) is 0 Å². The summed E-state index contributed by atoms with van der Waals surface area (Å²) in [7, 11) is 0. The van der Waals surface area contributed by atoms with Crippen LogP contribution in [0.1, 0.15) is 12.7 Å². The minimum atomic E-state index is -0.913. The number of aliphatic carboxylic acids is 1. The number of fused-ring (bicyclic) bond motifs is 1. The van der Waals surface area contributed by atoms with Gasteiger partial charge in [0, 0.05) is 19.9 Å². The van der Waals surface area contributed by atoms with Crippen LogP contribution >= 0.6 is 0 Å². The Kier molecular flexibility index (Phi) is 3.79. The Labute approximate surface area is 110 Å². The van der Waals surface area contributed by atoms with Crippen molar-refractivity contribution in [3.63, 3.8) is 0 Å². The van der Waals surface area contributed by atoms with Gasteiger partial charge < -0.3 is 15.0 Å². The molecule has 6 nitrogen and oxygen atoms in total. The second kappa shape index (κ2) is 5.51. The minimum absolute atomic E-state index is 0.110. The molecule has 6 heteroatoms. The fraction of sp³-hybridized carbons (Fsp3) is 0.308. The number of carbonyl (C=O) groups is 2. The summed E-state index contributed by atoms with van der Waals surface area (Å²) in [6.07, 6.45) is 0.502. The number of para-hydroxylation sites is 2. The van der Waals surface area contributed by atoms with Crippen molar-refractivity contribution in [2.45, 2.75) is 19.9 Å². The molecular weight excluding hydrogens is 246 g/mol. The molecule has 0 aliphatic rings. The van der Waals surface area contributed by atoms with E-state index in [1.807, 2.05) is 24.3 Å². The lowest BCUT2D eigenvalue weighted by Gasteiger charge is -2.06. The van der Waals surface area contributed by atoms with Gasteiger partial charge in [-0.1, -0.05) is 12.1 Å². The van der Waals surface area contributed by atoms with Crippen LogP contribution in [0.3, 0.4) is 0 Å². The fourth-order valence-electron chi connectivity index (χ4n) is 1.98. The monoisotopic (exact) mass is 261 g/mol. The number of carboxylic acids is 1. The Morgan fingerprint density at radius 1 is 1.37 bits per heavy atom. The first-order chi connectivity index (χ1) is 9.08. The van der Waals surface area contributed by atoms with Gasteiger partial charge in [-0.25, -0.2) is 4.98 Å². The zero-order valence-corrected chi connectivity index (χ0v) is 10.6. The van der Waals surface area contributed by atoms with Gasteiger partial charge in [0.2, 0.25) is 5.91 Å². The van der Waals surface area contributed by atoms with Gasteiger partial charge in [-0.15, -0.1) is 0 Å². The van der Waals surface area contributed by atoms with Gasteiger partial charge in [0.15, 0.2) is 0 Å². The summed E-state index contributed by atoms with van der Waals surface area (Å²) in [5.74, 6) is -0.359. The van der Waals surface area contributed by atoms with Crippen molar-refractivity contribution in [3.05, 3.63) is 30.1 Å². The molecule has 1 amide bonds. The number of rotatable bonds is 5. The molecule has 1 aromatic carbocycles. The molecule has 0 aliphatic carbocycles. The predicted molar refractivity (Wildman–Crippen MR) is 69.8 cm³/mol. The molecule has 0 atom stereocenters. The molecule has 0 fully saturated rings. The highest BCUT2D eigenvalue weighted by Gasteiger charge is 2.12. The topological polar surface area (TPSA) is 84.2 Å². The molecule has 19 heavy (non-hydrogen) atoms. The summed E-state index contributed by atoms with van der Waals surface area (Å²) in [5.41, 5.74) is 1.56. The van der Waals surface area contributed by atoms with Crippen molar-refractivity contribution < 1.29 is 14.7 Å². The van der Waals surface area contributed by atoms with E-state index < -0.39 is 5.97 Å². The Balaban J connectivity index is 2.29. The fourth-order valence-corrected chi connectivity index (χ4v) is 1.98. The van der Waals surface area contributed by atoms with E-state index >= 15 is 0 Å². The Morgan fingerprint density at radius 2 is 2.11 bits per heavy atom. The van der Waals surface area contributed by atoms with Gasteiger partial charge in [-0.3, -0.25) is 9.59 Å². The van der Waals surface area contributed by atoms with E-state index in [0.29, 0.717) is 18.8 Å². The Bertz CT molecular complexity index is 619.